The Morgan fingerprint density at radius 2 is 2.00 bits per heavy atom. The molecule has 0 N–H and O–H groups in total. The van der Waals surface area contributed by atoms with Crippen molar-refractivity contribution in [3.05, 3.63) is 39.3 Å². The van der Waals surface area contributed by atoms with Gasteiger partial charge in [0, 0.05) is 23.9 Å². The number of thiazole rings is 1. The lowest BCUT2D eigenvalue weighted by Gasteiger charge is -2.13. The number of imide groups is 1. The third-order valence-corrected chi connectivity index (χ3v) is 5.32. The standard InChI is InChI=1S/C17H14Cl2N2O4S/c18-11-3-1-4-12(19)16(11)17-20-10(9-26-17)7-15(24)25-8-14(23)21-6-2-5-13(21)22/h1,3-4,9H,2,5-8H2. The van der Waals surface area contributed by atoms with Crippen molar-refractivity contribution in [2.75, 3.05) is 13.2 Å². The van der Waals surface area contributed by atoms with Gasteiger partial charge < -0.3 is 4.74 Å². The maximum absolute atomic E-state index is 11.9. The van der Waals surface area contributed by atoms with E-state index in [0.29, 0.717) is 45.7 Å². The zero-order chi connectivity index (χ0) is 18.7. The number of nitrogens with zero attached hydrogens (tertiary/aromatic N) is 2. The van der Waals surface area contributed by atoms with Crippen LogP contribution >= 0.6 is 34.5 Å². The predicted molar refractivity (Wildman–Crippen MR) is 98.2 cm³/mol. The average Bonchev–Trinajstić information content (AvgIpc) is 3.22. The molecule has 1 aliphatic heterocycles. The summed E-state index contributed by atoms with van der Waals surface area (Å²) in [5.41, 5.74) is 1.11. The Kier molecular flexibility index (Phi) is 5.90. The second kappa shape index (κ2) is 8.16. The van der Waals surface area contributed by atoms with E-state index in [1.807, 2.05) is 0 Å². The molecule has 1 aliphatic rings. The predicted octanol–water partition coefficient (Wildman–Crippen LogP) is 3.35. The summed E-state index contributed by atoms with van der Waals surface area (Å²) in [5.74, 6) is -1.32. The summed E-state index contributed by atoms with van der Waals surface area (Å²) in [6.07, 6.45) is 0.913. The van der Waals surface area contributed by atoms with Gasteiger partial charge in [0.25, 0.3) is 5.91 Å². The Hall–Kier alpha value is -1.96. The zero-order valence-electron chi connectivity index (χ0n) is 13.5. The highest BCUT2D eigenvalue weighted by molar-refractivity contribution is 7.13. The zero-order valence-corrected chi connectivity index (χ0v) is 15.9. The lowest BCUT2D eigenvalue weighted by atomic mass is 10.2. The molecule has 26 heavy (non-hydrogen) atoms. The van der Waals surface area contributed by atoms with Gasteiger partial charge in [0.2, 0.25) is 5.91 Å². The molecule has 0 aliphatic carbocycles. The van der Waals surface area contributed by atoms with Gasteiger partial charge in [0.15, 0.2) is 6.61 Å². The highest BCUT2D eigenvalue weighted by atomic mass is 35.5. The topological polar surface area (TPSA) is 76.6 Å². The summed E-state index contributed by atoms with van der Waals surface area (Å²) in [4.78, 5) is 40.7. The molecule has 9 heteroatoms. The summed E-state index contributed by atoms with van der Waals surface area (Å²) in [6.45, 7) is -0.0683. The molecule has 2 amide bonds. The highest BCUT2D eigenvalue weighted by Crippen LogP contribution is 2.36. The Labute approximate surface area is 163 Å². The normalized spacial score (nSPS) is 13.9. The van der Waals surface area contributed by atoms with Crippen LogP contribution in [0.15, 0.2) is 23.6 Å². The van der Waals surface area contributed by atoms with E-state index in [4.69, 9.17) is 27.9 Å². The number of ether oxygens (including phenoxy) is 1. The molecule has 0 radical (unpaired) electrons. The van der Waals surface area contributed by atoms with E-state index in [2.05, 4.69) is 4.98 Å². The first kappa shape index (κ1) is 18.8. The van der Waals surface area contributed by atoms with E-state index >= 15 is 0 Å². The second-order valence-electron chi connectivity index (χ2n) is 5.62. The first-order valence-corrected chi connectivity index (χ1v) is 9.47. The second-order valence-corrected chi connectivity index (χ2v) is 7.29. The molecule has 1 saturated heterocycles. The van der Waals surface area contributed by atoms with Crippen LogP contribution < -0.4 is 0 Å². The molecule has 0 unspecified atom stereocenters. The molecule has 0 atom stereocenters. The Balaban J connectivity index is 1.58. The van der Waals surface area contributed by atoms with Crippen molar-refractivity contribution >= 4 is 52.3 Å². The van der Waals surface area contributed by atoms with Crippen LogP contribution in [-0.2, 0) is 25.5 Å². The van der Waals surface area contributed by atoms with Gasteiger partial charge in [-0.25, -0.2) is 4.98 Å². The Morgan fingerprint density at radius 3 is 2.65 bits per heavy atom. The van der Waals surface area contributed by atoms with Crippen molar-refractivity contribution in [3.63, 3.8) is 0 Å². The van der Waals surface area contributed by atoms with Gasteiger partial charge in [0.05, 0.1) is 22.2 Å². The van der Waals surface area contributed by atoms with Crippen LogP contribution in [0.2, 0.25) is 10.0 Å². The van der Waals surface area contributed by atoms with Gasteiger partial charge >= 0.3 is 5.97 Å². The average molecular weight is 413 g/mol. The van der Waals surface area contributed by atoms with E-state index in [9.17, 15) is 14.4 Å². The molecular formula is C17H14Cl2N2O4S. The molecule has 1 aromatic carbocycles. The number of amides is 2. The maximum Gasteiger partial charge on any atom is 0.312 e. The van der Waals surface area contributed by atoms with Crippen molar-refractivity contribution in [1.29, 1.82) is 0 Å². The van der Waals surface area contributed by atoms with Crippen LogP contribution in [0.3, 0.4) is 0 Å². The fourth-order valence-corrected chi connectivity index (χ4v) is 4.12. The quantitative estimate of drug-likeness (QED) is 0.703. The summed E-state index contributed by atoms with van der Waals surface area (Å²) in [7, 11) is 0. The number of benzene rings is 1. The largest absolute Gasteiger partial charge is 0.455 e. The van der Waals surface area contributed by atoms with Gasteiger partial charge in [-0.05, 0) is 18.6 Å². The summed E-state index contributed by atoms with van der Waals surface area (Å²) in [5, 5.41) is 3.26. The van der Waals surface area contributed by atoms with Gasteiger partial charge in [-0.15, -0.1) is 11.3 Å². The lowest BCUT2D eigenvalue weighted by Crippen LogP contribution is -2.35. The molecule has 0 saturated carbocycles. The van der Waals surface area contributed by atoms with Crippen LogP contribution in [0.1, 0.15) is 18.5 Å². The third kappa shape index (κ3) is 4.23. The molecule has 3 rings (SSSR count). The van der Waals surface area contributed by atoms with Gasteiger partial charge in [0.1, 0.15) is 5.01 Å². The molecule has 2 heterocycles. The van der Waals surface area contributed by atoms with E-state index in [0.717, 1.165) is 4.90 Å². The number of likely N-dealkylation sites (tertiary alicyclic amines) is 1. The number of carbonyl (C=O) groups is 3. The van der Waals surface area contributed by atoms with E-state index in [1.165, 1.54) is 11.3 Å². The fourth-order valence-electron chi connectivity index (χ4n) is 2.54. The van der Waals surface area contributed by atoms with E-state index in [1.54, 1.807) is 23.6 Å². The SMILES string of the molecule is O=C(Cc1csc(-c2c(Cl)cccc2Cl)n1)OCC(=O)N1CCCC1=O. The maximum atomic E-state index is 11.9. The van der Waals surface area contributed by atoms with E-state index < -0.39 is 18.5 Å². The molecular weight excluding hydrogens is 399 g/mol. The molecule has 0 spiro atoms. The summed E-state index contributed by atoms with van der Waals surface area (Å²) < 4.78 is 4.96. The smallest absolute Gasteiger partial charge is 0.312 e. The first-order valence-electron chi connectivity index (χ1n) is 7.83. The van der Waals surface area contributed by atoms with Gasteiger partial charge in [-0.2, -0.15) is 0 Å². The van der Waals surface area contributed by atoms with Crippen LogP contribution in [0.25, 0.3) is 10.6 Å². The van der Waals surface area contributed by atoms with Crippen molar-refractivity contribution in [3.8, 4) is 10.6 Å². The number of aromatic nitrogens is 1. The lowest BCUT2D eigenvalue weighted by molar-refractivity contribution is -0.154. The fraction of sp³-hybridized carbons (Fsp3) is 0.294. The minimum Gasteiger partial charge on any atom is -0.455 e. The molecule has 2 aromatic rings. The highest BCUT2D eigenvalue weighted by Gasteiger charge is 2.27. The molecule has 0 bridgehead atoms. The molecule has 1 aromatic heterocycles. The van der Waals surface area contributed by atoms with Gasteiger partial charge in [-0.3, -0.25) is 19.3 Å². The summed E-state index contributed by atoms with van der Waals surface area (Å²) in [6, 6.07) is 5.16. The minimum absolute atomic E-state index is 0.0835. The molecule has 6 nitrogen and oxygen atoms in total. The Morgan fingerprint density at radius 1 is 1.27 bits per heavy atom. The van der Waals surface area contributed by atoms with Crippen molar-refractivity contribution in [1.82, 2.24) is 9.88 Å². The number of hydrogen-bond acceptors (Lipinski definition) is 6. The minimum atomic E-state index is -0.591. The van der Waals surface area contributed by atoms with Crippen molar-refractivity contribution in [2.45, 2.75) is 19.3 Å². The van der Waals surface area contributed by atoms with E-state index in [-0.39, 0.29) is 12.3 Å². The number of rotatable bonds is 5. The number of esters is 1. The molecule has 1 fully saturated rings. The van der Waals surface area contributed by atoms with Crippen LogP contribution in [0, 0.1) is 0 Å². The Bertz CT molecular complexity index is 848. The number of carbonyl (C=O) groups excluding carboxylic acids is 3. The van der Waals surface area contributed by atoms with Crippen LogP contribution in [0.5, 0.6) is 0 Å². The summed E-state index contributed by atoms with van der Waals surface area (Å²) >= 11 is 13.6. The number of hydrogen-bond donors (Lipinski definition) is 0. The van der Waals surface area contributed by atoms with Crippen LogP contribution in [0.4, 0.5) is 0 Å². The van der Waals surface area contributed by atoms with Gasteiger partial charge in [-0.1, -0.05) is 29.3 Å². The van der Waals surface area contributed by atoms with Crippen LogP contribution in [-0.4, -0.2) is 40.8 Å². The molecule has 136 valence electrons. The third-order valence-electron chi connectivity index (χ3n) is 3.78. The monoisotopic (exact) mass is 412 g/mol. The first-order chi connectivity index (χ1) is 12.5. The van der Waals surface area contributed by atoms with Crippen molar-refractivity contribution in [2.24, 2.45) is 0 Å². The number of halogens is 2. The van der Waals surface area contributed by atoms with Crippen molar-refractivity contribution < 1.29 is 19.1 Å².